The molecule has 1 unspecified atom stereocenters. The van der Waals surface area contributed by atoms with Crippen molar-refractivity contribution in [2.24, 2.45) is 0 Å². The number of halogens is 1. The largest absolute Gasteiger partial charge is 0.507 e. The molecule has 1 aliphatic rings. The van der Waals surface area contributed by atoms with Gasteiger partial charge in [0, 0.05) is 16.3 Å². The van der Waals surface area contributed by atoms with E-state index in [1.165, 1.54) is 28.0 Å². The van der Waals surface area contributed by atoms with Gasteiger partial charge in [0.05, 0.1) is 25.3 Å². The van der Waals surface area contributed by atoms with Gasteiger partial charge in [-0.1, -0.05) is 78.7 Å². The molecular formula is C32H30ClN3O5S2. The van der Waals surface area contributed by atoms with Crippen molar-refractivity contribution in [2.75, 3.05) is 18.6 Å². The highest BCUT2D eigenvalue weighted by Gasteiger charge is 2.48. The first kappa shape index (κ1) is 30.6. The lowest BCUT2D eigenvalue weighted by molar-refractivity contribution is -0.132. The summed E-state index contributed by atoms with van der Waals surface area (Å²) in [6, 6.07) is 20.5. The van der Waals surface area contributed by atoms with Crippen molar-refractivity contribution < 1.29 is 24.2 Å². The average molecular weight is 636 g/mol. The zero-order valence-electron chi connectivity index (χ0n) is 23.7. The van der Waals surface area contributed by atoms with E-state index < -0.39 is 17.7 Å². The minimum Gasteiger partial charge on any atom is -0.507 e. The number of carbonyl (C=O) groups is 2. The van der Waals surface area contributed by atoms with E-state index in [9.17, 15) is 14.7 Å². The Kier molecular flexibility index (Phi) is 10.0. The number of thioether (sulfide) groups is 1. The van der Waals surface area contributed by atoms with Gasteiger partial charge in [-0.15, -0.1) is 10.2 Å². The molecule has 222 valence electrons. The van der Waals surface area contributed by atoms with Gasteiger partial charge in [0.25, 0.3) is 5.78 Å². The number of rotatable bonds is 12. The number of benzene rings is 3. The zero-order valence-corrected chi connectivity index (χ0v) is 26.0. The normalized spacial score (nSPS) is 16.1. The summed E-state index contributed by atoms with van der Waals surface area (Å²) in [5, 5.41) is 20.9. The summed E-state index contributed by atoms with van der Waals surface area (Å²) in [5.41, 5.74) is 2.01. The lowest BCUT2D eigenvalue weighted by Crippen LogP contribution is -2.29. The number of aromatic nitrogens is 2. The van der Waals surface area contributed by atoms with E-state index in [-0.39, 0.29) is 16.5 Å². The third-order valence-corrected chi connectivity index (χ3v) is 9.25. The molecule has 4 aromatic rings. The number of aliphatic hydroxyl groups excluding tert-OH is 1. The number of ketones is 1. The van der Waals surface area contributed by atoms with Crippen LogP contribution in [0.5, 0.6) is 11.5 Å². The Balaban J connectivity index is 1.51. The predicted molar refractivity (Wildman–Crippen MR) is 170 cm³/mol. The molecule has 1 amide bonds. The molecule has 43 heavy (non-hydrogen) atoms. The van der Waals surface area contributed by atoms with Gasteiger partial charge in [-0.2, -0.15) is 0 Å². The highest BCUT2D eigenvalue weighted by atomic mass is 35.5. The first-order valence-electron chi connectivity index (χ1n) is 13.8. The molecule has 0 radical (unpaired) electrons. The van der Waals surface area contributed by atoms with Crippen LogP contribution in [0, 0.1) is 0 Å². The van der Waals surface area contributed by atoms with Crippen molar-refractivity contribution in [2.45, 2.75) is 42.3 Å². The molecule has 1 N–H and O–H groups in total. The second kappa shape index (κ2) is 14.1. The number of hydrogen-bond acceptors (Lipinski definition) is 9. The van der Waals surface area contributed by atoms with Gasteiger partial charge in [-0.25, -0.2) is 0 Å². The molecule has 1 aromatic heterocycles. The maximum atomic E-state index is 13.6. The van der Waals surface area contributed by atoms with E-state index in [1.54, 1.807) is 43.5 Å². The van der Waals surface area contributed by atoms with Crippen LogP contribution < -0.4 is 14.4 Å². The summed E-state index contributed by atoms with van der Waals surface area (Å²) in [7, 11) is 1.54. The van der Waals surface area contributed by atoms with Crippen molar-refractivity contribution in [1.29, 1.82) is 0 Å². The number of methoxy groups -OCH3 is 1. The maximum absolute atomic E-state index is 13.6. The van der Waals surface area contributed by atoms with E-state index in [2.05, 4.69) is 17.1 Å². The highest BCUT2D eigenvalue weighted by molar-refractivity contribution is 8.00. The van der Waals surface area contributed by atoms with Gasteiger partial charge in [0.1, 0.15) is 17.3 Å². The minimum absolute atomic E-state index is 0.0381. The van der Waals surface area contributed by atoms with Crippen molar-refractivity contribution in [3.63, 3.8) is 0 Å². The molecule has 1 saturated heterocycles. The first-order chi connectivity index (χ1) is 20.9. The summed E-state index contributed by atoms with van der Waals surface area (Å²) in [4.78, 5) is 28.5. The number of anilines is 1. The van der Waals surface area contributed by atoms with Crippen LogP contribution in [0.3, 0.4) is 0 Å². The van der Waals surface area contributed by atoms with Gasteiger partial charge in [-0.05, 0) is 66.1 Å². The number of hydrogen-bond donors (Lipinski definition) is 1. The Morgan fingerprint density at radius 2 is 1.79 bits per heavy atom. The minimum atomic E-state index is -0.941. The molecule has 1 fully saturated rings. The Labute approximate surface area is 263 Å². The van der Waals surface area contributed by atoms with Crippen LogP contribution in [0.2, 0.25) is 5.02 Å². The fraction of sp³-hybridized carbons (Fsp3) is 0.250. The van der Waals surface area contributed by atoms with Crippen molar-refractivity contribution in [3.05, 3.63) is 100 Å². The number of unbranched alkanes of at least 4 members (excludes halogenated alkanes) is 2. The van der Waals surface area contributed by atoms with E-state index in [1.807, 2.05) is 36.4 Å². The number of Topliss-reactive ketones (excluding diaryl/α,β-unsaturated/α-hetero) is 1. The molecule has 2 heterocycles. The summed E-state index contributed by atoms with van der Waals surface area (Å²) in [5.74, 6) is -0.0512. The third kappa shape index (κ3) is 7.04. The number of amides is 1. The van der Waals surface area contributed by atoms with Gasteiger partial charge >= 0.3 is 5.91 Å². The van der Waals surface area contributed by atoms with Crippen molar-refractivity contribution >= 4 is 57.3 Å². The topological polar surface area (TPSA) is 102 Å². The predicted octanol–water partition coefficient (Wildman–Crippen LogP) is 7.69. The van der Waals surface area contributed by atoms with E-state index in [0.29, 0.717) is 44.3 Å². The van der Waals surface area contributed by atoms with Gasteiger partial charge in [0.15, 0.2) is 4.34 Å². The Bertz CT molecular complexity index is 1620. The van der Waals surface area contributed by atoms with Crippen LogP contribution in [0.15, 0.2) is 82.7 Å². The quantitative estimate of drug-likeness (QED) is 0.0422. The van der Waals surface area contributed by atoms with Crippen molar-refractivity contribution in [3.8, 4) is 11.5 Å². The molecule has 0 saturated carbocycles. The Hall–Kier alpha value is -3.86. The van der Waals surface area contributed by atoms with Gasteiger partial charge in [-0.3, -0.25) is 14.5 Å². The summed E-state index contributed by atoms with van der Waals surface area (Å²) in [6.07, 6.45) is 3.04. The number of aliphatic hydroxyl groups is 1. The monoisotopic (exact) mass is 635 g/mol. The molecule has 1 aliphatic heterocycles. The molecule has 8 nitrogen and oxygen atoms in total. The van der Waals surface area contributed by atoms with Crippen LogP contribution in [-0.4, -0.2) is 40.7 Å². The second-order valence-electron chi connectivity index (χ2n) is 9.79. The van der Waals surface area contributed by atoms with Gasteiger partial charge < -0.3 is 14.6 Å². The van der Waals surface area contributed by atoms with Crippen LogP contribution in [0.4, 0.5) is 5.13 Å². The average Bonchev–Trinajstić information content (AvgIpc) is 3.60. The van der Waals surface area contributed by atoms with Crippen LogP contribution in [-0.2, 0) is 15.3 Å². The molecule has 0 spiro atoms. The lowest BCUT2D eigenvalue weighted by atomic mass is 9.95. The fourth-order valence-corrected chi connectivity index (χ4v) is 6.60. The molecule has 0 bridgehead atoms. The molecule has 11 heteroatoms. The summed E-state index contributed by atoms with van der Waals surface area (Å²) in [6.45, 7) is 2.68. The molecule has 3 aromatic carbocycles. The summed E-state index contributed by atoms with van der Waals surface area (Å²) < 4.78 is 11.8. The van der Waals surface area contributed by atoms with Gasteiger partial charge in [0.2, 0.25) is 5.13 Å². The first-order valence-corrected chi connectivity index (χ1v) is 16.0. The van der Waals surface area contributed by atoms with Crippen LogP contribution >= 0.6 is 34.7 Å². The number of ether oxygens (including phenoxy) is 2. The molecule has 1 atom stereocenters. The third-order valence-electron chi connectivity index (χ3n) is 6.88. The molecule has 5 rings (SSSR count). The number of carbonyl (C=O) groups excluding carboxylic acids is 2. The SMILES string of the molecule is CCCCCOc1cccc(C2C(=C(O)c3ccc(OC)cc3)C(=O)C(=O)N2c2nnc(SCc3ccc(Cl)cc3)s2)c1. The van der Waals surface area contributed by atoms with Crippen LogP contribution in [0.1, 0.15) is 48.9 Å². The van der Waals surface area contributed by atoms with E-state index >= 15 is 0 Å². The second-order valence-corrected chi connectivity index (χ2v) is 12.4. The lowest BCUT2D eigenvalue weighted by Gasteiger charge is -2.23. The van der Waals surface area contributed by atoms with Crippen LogP contribution in [0.25, 0.3) is 5.76 Å². The maximum Gasteiger partial charge on any atom is 0.301 e. The Morgan fingerprint density at radius 1 is 1.02 bits per heavy atom. The van der Waals surface area contributed by atoms with E-state index in [0.717, 1.165) is 24.8 Å². The van der Waals surface area contributed by atoms with E-state index in [4.69, 9.17) is 21.1 Å². The zero-order chi connectivity index (χ0) is 30.3. The highest BCUT2D eigenvalue weighted by Crippen LogP contribution is 2.44. The Morgan fingerprint density at radius 3 is 2.51 bits per heavy atom. The molecule has 0 aliphatic carbocycles. The summed E-state index contributed by atoms with van der Waals surface area (Å²) >= 11 is 8.68. The number of nitrogens with zero attached hydrogens (tertiary/aromatic N) is 3. The van der Waals surface area contributed by atoms with Crippen molar-refractivity contribution in [1.82, 2.24) is 10.2 Å². The smallest absolute Gasteiger partial charge is 0.301 e. The fourth-order valence-electron chi connectivity index (χ4n) is 4.65. The standard InChI is InChI=1S/C32H30ClN3O5S2/c1-3-4-5-17-41-25-8-6-7-22(18-25)27-26(28(37)21-11-15-24(40-2)16-12-21)29(38)30(39)36(27)31-34-35-32(43-31)42-19-20-9-13-23(33)14-10-20/h6-16,18,27,37H,3-5,17,19H2,1-2H3. The molecular weight excluding hydrogens is 606 g/mol.